The Kier molecular flexibility index (Phi) is 4.58. The summed E-state index contributed by atoms with van der Waals surface area (Å²) in [7, 11) is 0. The minimum atomic E-state index is -1.52. The van der Waals surface area contributed by atoms with Crippen molar-refractivity contribution >= 4 is 0 Å². The third-order valence-corrected chi connectivity index (χ3v) is 3.50. The Morgan fingerprint density at radius 1 is 1.15 bits per heavy atom. The van der Waals surface area contributed by atoms with Gasteiger partial charge in [0.1, 0.15) is 36.6 Å². The fourth-order valence-electron chi connectivity index (χ4n) is 2.05. The van der Waals surface area contributed by atoms with Crippen LogP contribution in [0.1, 0.15) is 0 Å². The number of aliphatic hydroxyl groups excluding tert-OH is 5. The van der Waals surface area contributed by atoms with Gasteiger partial charge in [-0.1, -0.05) is 0 Å². The zero-order valence-corrected chi connectivity index (χ0v) is 10.5. The molecule has 0 bridgehead atoms. The molecular weight excluding hydrogens is 274 g/mol. The summed E-state index contributed by atoms with van der Waals surface area (Å²) in [4.78, 5) is 0. The molecule has 0 aliphatic carbocycles. The Bertz CT molecular complexity index is 385. The first-order valence-electron chi connectivity index (χ1n) is 6.11. The predicted molar refractivity (Wildman–Crippen MR) is 60.0 cm³/mol. The Balaban J connectivity index is 1.88. The van der Waals surface area contributed by atoms with E-state index in [0.29, 0.717) is 0 Å². The third-order valence-electron chi connectivity index (χ3n) is 3.50. The summed E-state index contributed by atoms with van der Waals surface area (Å²) in [5, 5.41) is 55.6. The maximum atomic E-state index is 9.70. The molecule has 2 heterocycles. The van der Waals surface area contributed by atoms with E-state index < -0.39 is 55.6 Å². The number of aliphatic hydroxyl groups is 5. The Hall–Kier alpha value is -0.830. The van der Waals surface area contributed by atoms with Crippen molar-refractivity contribution in [3.05, 3.63) is 0 Å². The summed E-state index contributed by atoms with van der Waals surface area (Å²) in [6, 6.07) is 1.80. The van der Waals surface area contributed by atoms with E-state index in [-0.39, 0.29) is 6.61 Å². The smallest absolute Gasteiger partial charge is 0.205 e. The number of nitriles is 1. The fraction of sp³-hybridized carbons (Fsp3) is 0.909. The third kappa shape index (κ3) is 2.65. The molecule has 9 nitrogen and oxygen atoms in total. The van der Waals surface area contributed by atoms with E-state index in [0.717, 1.165) is 0 Å². The number of epoxide rings is 1. The van der Waals surface area contributed by atoms with Gasteiger partial charge < -0.3 is 39.7 Å². The first-order valence-corrected chi connectivity index (χ1v) is 6.11. The highest BCUT2D eigenvalue weighted by Crippen LogP contribution is 2.36. The van der Waals surface area contributed by atoms with Crippen molar-refractivity contribution in [2.75, 3.05) is 19.8 Å². The second kappa shape index (κ2) is 5.88. The molecule has 9 heteroatoms. The Labute approximate surface area is 114 Å². The van der Waals surface area contributed by atoms with Crippen LogP contribution in [0, 0.1) is 11.3 Å². The molecule has 5 N–H and O–H groups in total. The average Bonchev–Trinajstić information content (AvgIpc) is 3.18. The molecule has 0 unspecified atom stereocenters. The van der Waals surface area contributed by atoms with E-state index >= 15 is 0 Å². The van der Waals surface area contributed by atoms with Crippen LogP contribution in [0.3, 0.4) is 0 Å². The predicted octanol–water partition coefficient (Wildman–Crippen LogP) is -3.54. The van der Waals surface area contributed by atoms with Gasteiger partial charge in [-0.25, -0.2) is 0 Å². The van der Waals surface area contributed by atoms with Crippen molar-refractivity contribution < 1.29 is 39.7 Å². The van der Waals surface area contributed by atoms with Crippen LogP contribution >= 0.6 is 0 Å². The monoisotopic (exact) mass is 291 g/mol. The van der Waals surface area contributed by atoms with E-state index in [1.165, 1.54) is 0 Å². The molecule has 2 saturated heterocycles. The van der Waals surface area contributed by atoms with Crippen molar-refractivity contribution in [3.63, 3.8) is 0 Å². The number of hydrogen-bond donors (Lipinski definition) is 5. The van der Waals surface area contributed by atoms with Crippen LogP contribution in [0.25, 0.3) is 0 Å². The van der Waals surface area contributed by atoms with Gasteiger partial charge in [0.25, 0.3) is 0 Å². The van der Waals surface area contributed by atoms with Gasteiger partial charge in [-0.15, -0.1) is 0 Å². The zero-order chi connectivity index (χ0) is 14.9. The lowest BCUT2D eigenvalue weighted by atomic mass is 9.99. The molecule has 0 aromatic carbocycles. The van der Waals surface area contributed by atoms with Crippen LogP contribution < -0.4 is 0 Å². The molecule has 20 heavy (non-hydrogen) atoms. The molecule has 0 aromatic heterocycles. The summed E-state index contributed by atoms with van der Waals surface area (Å²) in [5.74, 6) is 0. The molecule has 0 aromatic rings. The van der Waals surface area contributed by atoms with Crippen molar-refractivity contribution in [3.8, 4) is 6.07 Å². The lowest BCUT2D eigenvalue weighted by Crippen LogP contribution is -2.59. The maximum absolute atomic E-state index is 9.70. The second-order valence-electron chi connectivity index (χ2n) is 4.80. The zero-order valence-electron chi connectivity index (χ0n) is 10.5. The summed E-state index contributed by atoms with van der Waals surface area (Å²) in [5.41, 5.74) is -1.30. The van der Waals surface area contributed by atoms with E-state index in [4.69, 9.17) is 29.7 Å². The first kappa shape index (κ1) is 15.6. The molecule has 0 amide bonds. The molecule has 0 spiro atoms. The Morgan fingerprint density at radius 3 is 2.35 bits per heavy atom. The molecule has 7 atom stereocenters. The normalized spacial score (nSPS) is 47.8. The molecule has 0 saturated carbocycles. The van der Waals surface area contributed by atoms with Crippen LogP contribution in [0.5, 0.6) is 0 Å². The number of hydrogen-bond acceptors (Lipinski definition) is 9. The summed E-state index contributed by atoms with van der Waals surface area (Å²) in [6.45, 7) is -1.17. The molecule has 114 valence electrons. The van der Waals surface area contributed by atoms with Gasteiger partial charge in [0, 0.05) is 0 Å². The van der Waals surface area contributed by atoms with Crippen LogP contribution in [0.2, 0.25) is 0 Å². The highest BCUT2D eigenvalue weighted by Gasteiger charge is 2.58. The largest absolute Gasteiger partial charge is 0.394 e. The Morgan fingerprint density at radius 2 is 1.85 bits per heavy atom. The van der Waals surface area contributed by atoms with Gasteiger partial charge in [-0.3, -0.25) is 0 Å². The van der Waals surface area contributed by atoms with Gasteiger partial charge in [-0.2, -0.15) is 5.26 Å². The second-order valence-corrected chi connectivity index (χ2v) is 4.80. The van der Waals surface area contributed by atoms with Crippen LogP contribution in [-0.2, 0) is 14.2 Å². The standard InChI is InChI=1S/C11H17NO8/c12-3-11(4-14)6(20-11)2-18-10-9(17)8(16)7(15)5(1-13)19-10/h5-10,13-17H,1-2,4H2/t5-,6-,7+,8-,9-,10+,11+/m1/s1. The lowest BCUT2D eigenvalue weighted by molar-refractivity contribution is -0.301. The highest BCUT2D eigenvalue weighted by molar-refractivity contribution is 5.18. The molecule has 0 radical (unpaired) electrons. The van der Waals surface area contributed by atoms with E-state index in [2.05, 4.69) is 0 Å². The average molecular weight is 291 g/mol. The van der Waals surface area contributed by atoms with Gasteiger partial charge >= 0.3 is 0 Å². The number of rotatable bonds is 5. The van der Waals surface area contributed by atoms with Gasteiger partial charge in [0.2, 0.25) is 5.60 Å². The van der Waals surface area contributed by atoms with Gasteiger partial charge in [0.15, 0.2) is 6.29 Å². The SMILES string of the molecule is N#C[C@@]1(CO)O[C@@H]1CO[C@H]1O[C@H](CO)[C@H](O)[C@@H](O)[C@H]1O. The summed E-state index contributed by atoms with van der Waals surface area (Å²) < 4.78 is 15.3. The molecule has 2 fully saturated rings. The topological polar surface area (TPSA) is 156 Å². The molecule has 2 aliphatic heterocycles. The quantitative estimate of drug-likeness (QED) is 0.324. The highest BCUT2D eigenvalue weighted by atomic mass is 16.7. The minimum absolute atomic E-state index is 0.142. The van der Waals surface area contributed by atoms with E-state index in [1.807, 2.05) is 0 Å². The van der Waals surface area contributed by atoms with Crippen molar-refractivity contribution in [2.24, 2.45) is 0 Å². The maximum Gasteiger partial charge on any atom is 0.205 e. The first-order chi connectivity index (χ1) is 9.49. The summed E-state index contributed by atoms with van der Waals surface area (Å²) in [6.07, 6.45) is -7.48. The summed E-state index contributed by atoms with van der Waals surface area (Å²) >= 11 is 0. The van der Waals surface area contributed by atoms with Crippen molar-refractivity contribution in [1.29, 1.82) is 5.26 Å². The van der Waals surface area contributed by atoms with Gasteiger partial charge in [-0.05, 0) is 0 Å². The van der Waals surface area contributed by atoms with Crippen LogP contribution in [0.4, 0.5) is 0 Å². The van der Waals surface area contributed by atoms with E-state index in [1.54, 1.807) is 6.07 Å². The lowest BCUT2D eigenvalue weighted by Gasteiger charge is -2.39. The minimum Gasteiger partial charge on any atom is -0.394 e. The molecule has 2 aliphatic rings. The van der Waals surface area contributed by atoms with Crippen molar-refractivity contribution in [2.45, 2.75) is 42.4 Å². The number of ether oxygens (including phenoxy) is 3. The van der Waals surface area contributed by atoms with E-state index in [9.17, 15) is 15.3 Å². The van der Waals surface area contributed by atoms with Crippen LogP contribution in [-0.4, -0.2) is 87.8 Å². The number of nitrogens with zero attached hydrogens (tertiary/aromatic N) is 1. The van der Waals surface area contributed by atoms with Crippen molar-refractivity contribution in [1.82, 2.24) is 0 Å². The van der Waals surface area contributed by atoms with Gasteiger partial charge in [0.05, 0.1) is 19.8 Å². The van der Waals surface area contributed by atoms with Crippen LogP contribution in [0.15, 0.2) is 0 Å². The molecular formula is C11H17NO8. The molecule has 2 rings (SSSR count). The fourth-order valence-corrected chi connectivity index (χ4v) is 2.05.